The van der Waals surface area contributed by atoms with Crippen molar-refractivity contribution in [1.82, 2.24) is 20.4 Å². The molecule has 1 fully saturated rings. The standard InChI is InChI=1S/C18H14F3N5O3/c19-13-2-1-10(26-6-5-23-18(26)27)7-12(13)17-24-16(25-29-17)14-8-11(3-4-22-14)28-9-15(20)21/h1-4,7-8,15H,5-6,9H2,(H,23,27). The normalized spacial score (nSPS) is 13.8. The predicted octanol–water partition coefficient (Wildman–Crippen LogP) is 3.11. The zero-order valence-corrected chi connectivity index (χ0v) is 14.8. The van der Waals surface area contributed by atoms with E-state index in [1.54, 1.807) is 0 Å². The summed E-state index contributed by atoms with van der Waals surface area (Å²) in [5, 5.41) is 6.44. The van der Waals surface area contributed by atoms with E-state index in [0.29, 0.717) is 18.8 Å². The van der Waals surface area contributed by atoms with Crippen LogP contribution in [0, 0.1) is 5.82 Å². The number of aromatic nitrogens is 3. The van der Waals surface area contributed by atoms with Gasteiger partial charge in [-0.15, -0.1) is 0 Å². The second-order valence-corrected chi connectivity index (χ2v) is 6.05. The Kier molecular flexibility index (Phi) is 5.02. The second-order valence-electron chi connectivity index (χ2n) is 6.05. The Morgan fingerprint density at radius 2 is 2.14 bits per heavy atom. The monoisotopic (exact) mass is 405 g/mol. The third-order valence-electron chi connectivity index (χ3n) is 4.11. The summed E-state index contributed by atoms with van der Waals surface area (Å²) in [5.74, 6) is -0.522. The largest absolute Gasteiger partial charge is 0.488 e. The lowest BCUT2D eigenvalue weighted by molar-refractivity contribution is 0.0819. The fourth-order valence-corrected chi connectivity index (χ4v) is 2.78. The van der Waals surface area contributed by atoms with Gasteiger partial charge in [-0.2, -0.15) is 4.98 Å². The van der Waals surface area contributed by atoms with Crippen LogP contribution in [-0.2, 0) is 0 Å². The number of rotatable bonds is 6. The van der Waals surface area contributed by atoms with E-state index in [0.717, 1.165) is 0 Å². The molecule has 150 valence electrons. The minimum atomic E-state index is -2.61. The summed E-state index contributed by atoms with van der Waals surface area (Å²) in [6.07, 6.45) is -1.27. The number of pyridine rings is 1. The lowest BCUT2D eigenvalue weighted by Crippen LogP contribution is -2.27. The van der Waals surface area contributed by atoms with Gasteiger partial charge in [-0.3, -0.25) is 9.88 Å². The molecule has 29 heavy (non-hydrogen) atoms. The molecule has 1 aromatic carbocycles. The zero-order valence-electron chi connectivity index (χ0n) is 14.8. The molecule has 2 amide bonds. The number of nitrogens with one attached hydrogen (secondary N) is 1. The van der Waals surface area contributed by atoms with E-state index >= 15 is 0 Å². The fraction of sp³-hybridized carbons (Fsp3) is 0.222. The number of anilines is 1. The second kappa shape index (κ2) is 7.78. The van der Waals surface area contributed by atoms with Crippen molar-refractivity contribution in [3.63, 3.8) is 0 Å². The summed E-state index contributed by atoms with van der Waals surface area (Å²) in [6, 6.07) is 6.63. The van der Waals surface area contributed by atoms with Crippen molar-refractivity contribution in [2.75, 3.05) is 24.6 Å². The third-order valence-corrected chi connectivity index (χ3v) is 4.11. The maximum absolute atomic E-state index is 14.3. The molecule has 0 aliphatic carbocycles. The number of carbonyl (C=O) groups excluding carboxylic acids is 1. The maximum atomic E-state index is 14.3. The first-order chi connectivity index (χ1) is 14.0. The smallest absolute Gasteiger partial charge is 0.321 e. The van der Waals surface area contributed by atoms with Crippen LogP contribution in [-0.4, -0.2) is 47.3 Å². The molecule has 0 bridgehead atoms. The van der Waals surface area contributed by atoms with Gasteiger partial charge in [0.2, 0.25) is 5.82 Å². The minimum Gasteiger partial charge on any atom is -0.488 e. The first-order valence-electron chi connectivity index (χ1n) is 8.57. The SMILES string of the molecule is O=C1NCCN1c1ccc(F)c(-c2nc(-c3cc(OCC(F)F)ccn3)no2)c1. The average molecular weight is 405 g/mol. The van der Waals surface area contributed by atoms with Gasteiger partial charge in [-0.05, 0) is 24.3 Å². The van der Waals surface area contributed by atoms with E-state index in [9.17, 15) is 18.0 Å². The van der Waals surface area contributed by atoms with Crippen LogP contribution in [0.5, 0.6) is 5.75 Å². The van der Waals surface area contributed by atoms with Crippen molar-refractivity contribution in [3.8, 4) is 28.7 Å². The fourth-order valence-electron chi connectivity index (χ4n) is 2.78. The van der Waals surface area contributed by atoms with Crippen molar-refractivity contribution in [2.24, 2.45) is 0 Å². The summed E-state index contributed by atoms with van der Waals surface area (Å²) in [7, 11) is 0. The molecule has 1 saturated heterocycles. The maximum Gasteiger partial charge on any atom is 0.321 e. The first-order valence-corrected chi connectivity index (χ1v) is 8.57. The van der Waals surface area contributed by atoms with Gasteiger partial charge in [-0.1, -0.05) is 5.16 Å². The van der Waals surface area contributed by atoms with Gasteiger partial charge in [0.05, 0.1) is 5.56 Å². The summed E-state index contributed by atoms with van der Waals surface area (Å²) in [5.41, 5.74) is 0.713. The van der Waals surface area contributed by atoms with E-state index in [1.165, 1.54) is 41.4 Å². The third kappa shape index (κ3) is 3.98. The predicted molar refractivity (Wildman–Crippen MR) is 95.2 cm³/mol. The number of carbonyl (C=O) groups is 1. The van der Waals surface area contributed by atoms with Crippen molar-refractivity contribution in [2.45, 2.75) is 6.43 Å². The topological polar surface area (TPSA) is 93.4 Å². The molecule has 3 aromatic rings. The molecule has 0 saturated carbocycles. The number of hydrogen-bond acceptors (Lipinski definition) is 6. The van der Waals surface area contributed by atoms with Crippen molar-refractivity contribution < 1.29 is 27.2 Å². The number of ether oxygens (including phenoxy) is 1. The van der Waals surface area contributed by atoms with Crippen molar-refractivity contribution >= 4 is 11.7 Å². The van der Waals surface area contributed by atoms with E-state index in [1.807, 2.05) is 0 Å². The number of amides is 2. The minimum absolute atomic E-state index is 0.0195. The highest BCUT2D eigenvalue weighted by molar-refractivity contribution is 5.94. The van der Waals surface area contributed by atoms with Crippen LogP contribution in [0.15, 0.2) is 41.1 Å². The number of benzene rings is 1. The summed E-state index contributed by atoms with van der Waals surface area (Å²) < 4.78 is 49.0. The van der Waals surface area contributed by atoms with Gasteiger partial charge < -0.3 is 14.6 Å². The first kappa shape index (κ1) is 18.7. The highest BCUT2D eigenvalue weighted by Crippen LogP contribution is 2.29. The molecule has 4 rings (SSSR count). The summed E-state index contributed by atoms with van der Waals surface area (Å²) >= 11 is 0. The molecule has 0 unspecified atom stereocenters. The van der Waals surface area contributed by atoms with Crippen LogP contribution in [0.2, 0.25) is 0 Å². The zero-order chi connectivity index (χ0) is 20.4. The highest BCUT2D eigenvalue weighted by atomic mass is 19.3. The van der Waals surface area contributed by atoms with Crippen molar-refractivity contribution in [1.29, 1.82) is 0 Å². The molecule has 8 nitrogen and oxygen atoms in total. The van der Waals surface area contributed by atoms with Gasteiger partial charge in [0, 0.05) is 31.0 Å². The van der Waals surface area contributed by atoms with Gasteiger partial charge >= 0.3 is 6.03 Å². The van der Waals surface area contributed by atoms with E-state index < -0.39 is 18.8 Å². The van der Waals surface area contributed by atoms with Crippen molar-refractivity contribution in [3.05, 3.63) is 42.3 Å². The van der Waals surface area contributed by atoms with E-state index in [-0.39, 0.29) is 34.8 Å². The Morgan fingerprint density at radius 3 is 2.90 bits per heavy atom. The van der Waals surface area contributed by atoms with Crippen LogP contribution >= 0.6 is 0 Å². The molecular weight excluding hydrogens is 391 g/mol. The van der Waals surface area contributed by atoms with Crippen LogP contribution in [0.25, 0.3) is 23.0 Å². The molecule has 11 heteroatoms. The number of halogens is 3. The van der Waals surface area contributed by atoms with Crippen LogP contribution in [0.1, 0.15) is 0 Å². The van der Waals surface area contributed by atoms with E-state index in [4.69, 9.17) is 9.26 Å². The van der Waals surface area contributed by atoms with Crippen LogP contribution < -0.4 is 15.0 Å². The number of alkyl halides is 2. The molecule has 0 radical (unpaired) electrons. The Hall–Kier alpha value is -3.63. The Bertz CT molecular complexity index is 1040. The quantitative estimate of drug-likeness (QED) is 0.677. The number of nitrogens with zero attached hydrogens (tertiary/aromatic N) is 4. The van der Waals surface area contributed by atoms with Gasteiger partial charge in [-0.25, -0.2) is 18.0 Å². The molecule has 2 aromatic heterocycles. The molecule has 1 N–H and O–H groups in total. The van der Waals surface area contributed by atoms with Gasteiger partial charge in [0.25, 0.3) is 12.3 Å². The molecule has 1 aliphatic rings. The average Bonchev–Trinajstić information content (AvgIpc) is 3.36. The number of urea groups is 1. The van der Waals surface area contributed by atoms with Gasteiger partial charge in [0.15, 0.2) is 0 Å². The lowest BCUT2D eigenvalue weighted by atomic mass is 10.1. The Balaban J connectivity index is 1.61. The molecule has 0 spiro atoms. The van der Waals surface area contributed by atoms with E-state index in [2.05, 4.69) is 20.4 Å². The summed E-state index contributed by atoms with van der Waals surface area (Å²) in [4.78, 5) is 21.5. The number of hydrogen-bond donors (Lipinski definition) is 1. The molecular formula is C18H14F3N5O3. The van der Waals surface area contributed by atoms with Crippen LogP contribution in [0.4, 0.5) is 23.7 Å². The highest BCUT2D eigenvalue weighted by Gasteiger charge is 2.23. The molecule has 0 atom stereocenters. The summed E-state index contributed by atoms with van der Waals surface area (Å²) in [6.45, 7) is 0.184. The Morgan fingerprint density at radius 1 is 1.28 bits per heavy atom. The van der Waals surface area contributed by atoms with Crippen LogP contribution in [0.3, 0.4) is 0 Å². The lowest BCUT2D eigenvalue weighted by Gasteiger charge is -2.14. The molecule has 3 heterocycles. The van der Waals surface area contributed by atoms with Gasteiger partial charge in [0.1, 0.15) is 23.9 Å². The Labute approximate surface area is 162 Å². The molecule has 1 aliphatic heterocycles.